The third-order valence-electron chi connectivity index (χ3n) is 2.50. The Hall–Kier alpha value is -0.320. The third-order valence-corrected chi connectivity index (χ3v) is 5.07. The van der Waals surface area contributed by atoms with Crippen molar-refractivity contribution in [2.75, 3.05) is 0 Å². The van der Waals surface area contributed by atoms with E-state index in [0.717, 1.165) is 35.4 Å². The van der Waals surface area contributed by atoms with Gasteiger partial charge in [0.2, 0.25) is 0 Å². The minimum absolute atomic E-state index is 0.872. The zero-order valence-electron chi connectivity index (χ0n) is 7.93. The molecule has 0 N–H and O–H groups in total. The van der Waals surface area contributed by atoms with Crippen LogP contribution in [0.2, 0.25) is 0 Å². The summed E-state index contributed by atoms with van der Waals surface area (Å²) >= 11 is 10.6. The second kappa shape index (κ2) is 3.86. The van der Waals surface area contributed by atoms with Gasteiger partial charge in [0.25, 0.3) is 0 Å². The molecule has 1 nitrogen and oxygen atoms in total. The SMILES string of the molecule is Brc1cc(Br)c2oc3ccccc3c2c1Br. The summed E-state index contributed by atoms with van der Waals surface area (Å²) in [6, 6.07) is 10.0. The Morgan fingerprint density at radius 2 is 1.69 bits per heavy atom. The lowest BCUT2D eigenvalue weighted by molar-refractivity contribution is 0.666. The minimum atomic E-state index is 0.872. The average Bonchev–Trinajstić information content (AvgIpc) is 2.66. The summed E-state index contributed by atoms with van der Waals surface area (Å²) in [5, 5.41) is 2.21. The first-order chi connectivity index (χ1) is 7.68. The molecule has 0 saturated heterocycles. The minimum Gasteiger partial charge on any atom is -0.455 e. The summed E-state index contributed by atoms with van der Waals surface area (Å²) < 4.78 is 8.81. The van der Waals surface area contributed by atoms with Gasteiger partial charge in [0.1, 0.15) is 5.58 Å². The van der Waals surface area contributed by atoms with Gasteiger partial charge in [-0.1, -0.05) is 18.2 Å². The molecule has 0 aliphatic carbocycles. The fourth-order valence-corrected chi connectivity index (χ4v) is 3.54. The van der Waals surface area contributed by atoms with Crippen LogP contribution in [0.3, 0.4) is 0 Å². The van der Waals surface area contributed by atoms with E-state index < -0.39 is 0 Å². The van der Waals surface area contributed by atoms with E-state index in [1.807, 2.05) is 24.3 Å². The van der Waals surface area contributed by atoms with Crippen molar-refractivity contribution in [3.8, 4) is 0 Å². The maximum absolute atomic E-state index is 5.82. The van der Waals surface area contributed by atoms with Crippen molar-refractivity contribution in [1.29, 1.82) is 0 Å². The molecule has 3 aromatic rings. The van der Waals surface area contributed by atoms with Crippen molar-refractivity contribution in [3.05, 3.63) is 43.7 Å². The predicted octanol–water partition coefficient (Wildman–Crippen LogP) is 5.87. The number of rotatable bonds is 0. The highest BCUT2D eigenvalue weighted by Gasteiger charge is 2.14. The lowest BCUT2D eigenvalue weighted by Crippen LogP contribution is -1.74. The van der Waals surface area contributed by atoms with E-state index in [1.54, 1.807) is 0 Å². The Bertz CT molecular complexity index is 700. The quantitative estimate of drug-likeness (QED) is 0.427. The molecule has 2 aromatic carbocycles. The van der Waals surface area contributed by atoms with Gasteiger partial charge in [0.05, 0.1) is 4.47 Å². The largest absolute Gasteiger partial charge is 0.455 e. The molecule has 4 heteroatoms. The van der Waals surface area contributed by atoms with Crippen molar-refractivity contribution in [1.82, 2.24) is 0 Å². The topological polar surface area (TPSA) is 13.1 Å². The second-order valence-electron chi connectivity index (χ2n) is 3.46. The van der Waals surface area contributed by atoms with Gasteiger partial charge in [-0.3, -0.25) is 0 Å². The normalized spacial score (nSPS) is 11.4. The van der Waals surface area contributed by atoms with Crippen LogP contribution in [0.5, 0.6) is 0 Å². The van der Waals surface area contributed by atoms with Crippen molar-refractivity contribution in [2.45, 2.75) is 0 Å². The summed E-state index contributed by atoms with van der Waals surface area (Å²) in [6.07, 6.45) is 0. The van der Waals surface area contributed by atoms with E-state index in [1.165, 1.54) is 0 Å². The molecule has 0 fully saturated rings. The van der Waals surface area contributed by atoms with Gasteiger partial charge < -0.3 is 4.42 Å². The molecule has 1 aromatic heterocycles. The summed E-state index contributed by atoms with van der Waals surface area (Å²) in [5.41, 5.74) is 1.77. The van der Waals surface area contributed by atoms with E-state index in [2.05, 4.69) is 53.9 Å². The van der Waals surface area contributed by atoms with Crippen molar-refractivity contribution in [2.24, 2.45) is 0 Å². The standard InChI is InChI=1S/C12H5Br3O/c13-7-5-8(14)12-10(11(7)15)6-3-1-2-4-9(6)16-12/h1-5H. The molecule has 0 spiro atoms. The molecule has 1 heterocycles. The zero-order chi connectivity index (χ0) is 11.3. The van der Waals surface area contributed by atoms with E-state index in [0.29, 0.717) is 0 Å². The first-order valence-electron chi connectivity index (χ1n) is 4.63. The molecule has 0 aliphatic heterocycles. The number of benzene rings is 2. The molecule has 0 unspecified atom stereocenters. The first-order valence-corrected chi connectivity index (χ1v) is 7.01. The fourth-order valence-electron chi connectivity index (χ4n) is 1.79. The zero-order valence-corrected chi connectivity index (χ0v) is 12.7. The van der Waals surface area contributed by atoms with Gasteiger partial charge >= 0.3 is 0 Å². The highest BCUT2D eigenvalue weighted by Crippen LogP contribution is 2.41. The number of hydrogen-bond donors (Lipinski definition) is 0. The van der Waals surface area contributed by atoms with Gasteiger partial charge in [-0.2, -0.15) is 0 Å². The fraction of sp³-hybridized carbons (Fsp3) is 0. The first kappa shape index (κ1) is 10.8. The van der Waals surface area contributed by atoms with Crippen LogP contribution in [0.25, 0.3) is 21.9 Å². The summed E-state index contributed by atoms with van der Waals surface area (Å²) in [5.74, 6) is 0. The maximum Gasteiger partial charge on any atom is 0.150 e. The predicted molar refractivity (Wildman–Crippen MR) is 76.8 cm³/mol. The molecule has 80 valence electrons. The Morgan fingerprint density at radius 3 is 2.50 bits per heavy atom. The van der Waals surface area contributed by atoms with Crippen LogP contribution in [-0.4, -0.2) is 0 Å². The average molecular weight is 405 g/mol. The van der Waals surface area contributed by atoms with Gasteiger partial charge in [0, 0.05) is 19.7 Å². The van der Waals surface area contributed by atoms with Crippen LogP contribution < -0.4 is 0 Å². The van der Waals surface area contributed by atoms with Gasteiger partial charge in [-0.05, 0) is 59.9 Å². The van der Waals surface area contributed by atoms with Crippen LogP contribution in [-0.2, 0) is 0 Å². The Morgan fingerprint density at radius 1 is 0.938 bits per heavy atom. The van der Waals surface area contributed by atoms with Crippen LogP contribution in [0.4, 0.5) is 0 Å². The number of furan rings is 1. The summed E-state index contributed by atoms with van der Waals surface area (Å²) in [4.78, 5) is 0. The Kier molecular flexibility index (Phi) is 2.61. The molecule has 0 bridgehead atoms. The van der Waals surface area contributed by atoms with Crippen LogP contribution in [0.15, 0.2) is 48.2 Å². The lowest BCUT2D eigenvalue weighted by Gasteiger charge is -1.99. The van der Waals surface area contributed by atoms with E-state index in [4.69, 9.17) is 4.42 Å². The van der Waals surface area contributed by atoms with Crippen molar-refractivity contribution >= 4 is 69.7 Å². The molecule has 0 saturated carbocycles. The summed E-state index contributed by atoms with van der Waals surface area (Å²) in [7, 11) is 0. The molecule has 16 heavy (non-hydrogen) atoms. The second-order valence-corrected chi connectivity index (χ2v) is 5.96. The highest BCUT2D eigenvalue weighted by atomic mass is 79.9. The Balaban J connectivity index is 2.66. The van der Waals surface area contributed by atoms with Crippen LogP contribution >= 0.6 is 47.8 Å². The molecule has 0 amide bonds. The Labute approximate surface area is 117 Å². The molecular weight excluding hydrogens is 400 g/mol. The van der Waals surface area contributed by atoms with Crippen LogP contribution in [0, 0.1) is 0 Å². The van der Waals surface area contributed by atoms with Gasteiger partial charge in [0.15, 0.2) is 5.58 Å². The van der Waals surface area contributed by atoms with E-state index in [9.17, 15) is 0 Å². The molecule has 0 atom stereocenters. The number of fused-ring (bicyclic) bond motifs is 3. The third kappa shape index (κ3) is 1.47. The summed E-state index contributed by atoms with van der Waals surface area (Å²) in [6.45, 7) is 0. The number of para-hydroxylation sites is 1. The van der Waals surface area contributed by atoms with Gasteiger partial charge in [-0.25, -0.2) is 0 Å². The number of hydrogen-bond acceptors (Lipinski definition) is 1. The molecule has 0 aliphatic rings. The van der Waals surface area contributed by atoms with Crippen molar-refractivity contribution < 1.29 is 4.42 Å². The number of halogens is 3. The van der Waals surface area contributed by atoms with Crippen LogP contribution in [0.1, 0.15) is 0 Å². The smallest absolute Gasteiger partial charge is 0.150 e. The molecular formula is C12H5Br3O. The molecule has 0 radical (unpaired) electrons. The van der Waals surface area contributed by atoms with Gasteiger partial charge in [-0.15, -0.1) is 0 Å². The van der Waals surface area contributed by atoms with E-state index in [-0.39, 0.29) is 0 Å². The maximum atomic E-state index is 5.82. The van der Waals surface area contributed by atoms with Crippen molar-refractivity contribution in [3.63, 3.8) is 0 Å². The van der Waals surface area contributed by atoms with E-state index >= 15 is 0 Å². The highest BCUT2D eigenvalue weighted by molar-refractivity contribution is 9.13. The molecule has 3 rings (SSSR count). The monoisotopic (exact) mass is 402 g/mol. The lowest BCUT2D eigenvalue weighted by atomic mass is 10.1.